The highest BCUT2D eigenvalue weighted by Gasteiger charge is 2.31. The number of phenolic OH excluding ortho intramolecular Hbond substituents is 1. The zero-order valence-electron chi connectivity index (χ0n) is 17.2. The van der Waals surface area contributed by atoms with Gasteiger partial charge in [0.15, 0.2) is 0 Å². The summed E-state index contributed by atoms with van der Waals surface area (Å²) < 4.78 is 65.3. The van der Waals surface area contributed by atoms with Crippen molar-refractivity contribution in [1.29, 1.82) is 0 Å². The predicted molar refractivity (Wildman–Crippen MR) is 116 cm³/mol. The lowest BCUT2D eigenvalue weighted by Gasteiger charge is -2.12. The van der Waals surface area contributed by atoms with Gasteiger partial charge in [-0.25, -0.2) is 17.8 Å². The molecule has 0 bridgehead atoms. The fourth-order valence-electron chi connectivity index (χ4n) is 3.06. The maximum absolute atomic E-state index is 13.0. The first-order chi connectivity index (χ1) is 15.3. The summed E-state index contributed by atoms with van der Waals surface area (Å²) in [6.45, 7) is 3.01. The summed E-state index contributed by atoms with van der Waals surface area (Å²) in [5.41, 5.74) is 2.36. The lowest BCUT2D eigenvalue weighted by Crippen LogP contribution is -2.18. The Hall–Kier alpha value is -3.31. The van der Waals surface area contributed by atoms with E-state index < -0.39 is 27.7 Å². The van der Waals surface area contributed by atoms with Crippen molar-refractivity contribution in [3.8, 4) is 5.75 Å². The van der Waals surface area contributed by atoms with Crippen molar-refractivity contribution in [1.82, 2.24) is 9.40 Å². The Bertz CT molecular complexity index is 1350. The van der Waals surface area contributed by atoms with Crippen LogP contribution in [0.15, 0.2) is 58.5 Å². The van der Waals surface area contributed by atoms with Crippen molar-refractivity contribution in [3.63, 3.8) is 0 Å². The van der Waals surface area contributed by atoms with Crippen LogP contribution >= 0.6 is 11.6 Å². The van der Waals surface area contributed by atoms with Crippen LogP contribution in [-0.4, -0.2) is 29.6 Å². The number of aromatic hydroxyl groups is 1. The number of carbonyl (C=O) groups excluding carboxylic acids is 1. The molecule has 1 heterocycles. The highest BCUT2D eigenvalue weighted by Crippen LogP contribution is 2.30. The number of phenols is 1. The molecule has 0 saturated carbocycles. The Balaban J connectivity index is 1.84. The third-order valence-corrected chi connectivity index (χ3v) is 6.92. The number of aryl methyl sites for hydroxylation is 1. The molecule has 0 radical (unpaired) electrons. The van der Waals surface area contributed by atoms with Crippen LogP contribution in [0, 0.1) is 13.8 Å². The molecule has 2 aromatic carbocycles. The zero-order valence-corrected chi connectivity index (χ0v) is 18.8. The number of hydrazone groups is 1. The standard InChI is InChI=1S/C21H17ClF3N3O4S/c1-12-9-15(11-26-27-20(30)14-3-8-19(29)18(22)10-14)13(2)28(12)33(31,32)17-6-4-16(5-7-17)21(23,24)25/h3-11,29H,1-2H3,(H,27,30). The fraction of sp³-hybridized carbons (Fsp3) is 0.143. The van der Waals surface area contributed by atoms with Crippen molar-refractivity contribution in [2.75, 3.05) is 0 Å². The summed E-state index contributed by atoms with van der Waals surface area (Å²) >= 11 is 5.77. The molecule has 0 aliphatic heterocycles. The SMILES string of the molecule is Cc1cc(C=NNC(=O)c2ccc(O)c(Cl)c2)c(C)n1S(=O)(=O)c1ccc(C(F)(F)F)cc1. The molecule has 2 N–H and O–H groups in total. The molecule has 12 heteroatoms. The molecule has 1 aromatic heterocycles. The smallest absolute Gasteiger partial charge is 0.416 e. The van der Waals surface area contributed by atoms with Gasteiger partial charge in [-0.1, -0.05) is 11.6 Å². The van der Waals surface area contributed by atoms with E-state index in [-0.39, 0.29) is 26.9 Å². The zero-order chi connectivity index (χ0) is 24.6. The van der Waals surface area contributed by atoms with Crippen molar-refractivity contribution in [3.05, 3.63) is 81.6 Å². The molecule has 1 amide bonds. The molecular weight excluding hydrogens is 483 g/mol. The number of nitrogens with zero attached hydrogens (tertiary/aromatic N) is 2. The van der Waals surface area contributed by atoms with Gasteiger partial charge < -0.3 is 5.11 Å². The van der Waals surface area contributed by atoms with E-state index in [4.69, 9.17) is 11.6 Å². The van der Waals surface area contributed by atoms with Crippen LogP contribution < -0.4 is 5.43 Å². The molecule has 0 fully saturated rings. The average Bonchev–Trinajstić information content (AvgIpc) is 3.03. The molecule has 3 rings (SSSR count). The lowest BCUT2D eigenvalue weighted by molar-refractivity contribution is -0.137. The van der Waals surface area contributed by atoms with E-state index in [1.54, 1.807) is 0 Å². The Morgan fingerprint density at radius 1 is 1.12 bits per heavy atom. The molecular formula is C21H17ClF3N3O4S. The second-order valence-corrected chi connectivity index (χ2v) is 9.18. The van der Waals surface area contributed by atoms with Crippen LogP contribution in [0.1, 0.15) is 32.9 Å². The molecule has 0 aliphatic carbocycles. The molecule has 0 aliphatic rings. The first-order valence-corrected chi connectivity index (χ1v) is 11.1. The number of carbonyl (C=O) groups is 1. The van der Waals surface area contributed by atoms with E-state index in [0.29, 0.717) is 23.4 Å². The number of hydrogen-bond acceptors (Lipinski definition) is 5. The van der Waals surface area contributed by atoms with Crippen LogP contribution in [0.2, 0.25) is 5.02 Å². The summed E-state index contributed by atoms with van der Waals surface area (Å²) in [5, 5.41) is 13.2. The second kappa shape index (κ2) is 8.91. The van der Waals surface area contributed by atoms with Crippen molar-refractivity contribution in [2.24, 2.45) is 5.10 Å². The van der Waals surface area contributed by atoms with Gasteiger partial charge in [0.2, 0.25) is 0 Å². The number of alkyl halides is 3. The first kappa shape index (κ1) is 24.3. The monoisotopic (exact) mass is 499 g/mol. The number of halogens is 4. The van der Waals surface area contributed by atoms with Gasteiger partial charge >= 0.3 is 6.18 Å². The molecule has 3 aromatic rings. The van der Waals surface area contributed by atoms with E-state index in [0.717, 1.165) is 16.1 Å². The minimum absolute atomic E-state index is 0.0105. The number of amides is 1. The van der Waals surface area contributed by atoms with Gasteiger partial charge in [0.05, 0.1) is 21.7 Å². The van der Waals surface area contributed by atoms with E-state index in [9.17, 15) is 31.5 Å². The van der Waals surface area contributed by atoms with Gasteiger partial charge in [0, 0.05) is 22.5 Å². The van der Waals surface area contributed by atoms with Gasteiger partial charge in [-0.3, -0.25) is 4.79 Å². The number of benzene rings is 2. The maximum Gasteiger partial charge on any atom is 0.416 e. The highest BCUT2D eigenvalue weighted by atomic mass is 35.5. The van der Waals surface area contributed by atoms with E-state index in [1.807, 2.05) is 0 Å². The summed E-state index contributed by atoms with van der Waals surface area (Å²) in [6, 6.07) is 8.55. The van der Waals surface area contributed by atoms with E-state index in [1.165, 1.54) is 44.3 Å². The van der Waals surface area contributed by atoms with E-state index in [2.05, 4.69) is 10.5 Å². The molecule has 0 spiro atoms. The molecule has 33 heavy (non-hydrogen) atoms. The third-order valence-electron chi connectivity index (χ3n) is 4.71. The van der Waals surface area contributed by atoms with Crippen molar-refractivity contribution >= 4 is 33.7 Å². The van der Waals surface area contributed by atoms with E-state index >= 15 is 0 Å². The summed E-state index contributed by atoms with van der Waals surface area (Å²) in [4.78, 5) is 11.8. The van der Waals surface area contributed by atoms with Gasteiger partial charge in [-0.2, -0.15) is 18.3 Å². The lowest BCUT2D eigenvalue weighted by atomic mass is 10.2. The number of aromatic nitrogens is 1. The van der Waals surface area contributed by atoms with Crippen LogP contribution in [-0.2, 0) is 16.2 Å². The minimum atomic E-state index is -4.58. The van der Waals surface area contributed by atoms with Crippen LogP contribution in [0.25, 0.3) is 0 Å². The van der Waals surface area contributed by atoms with Crippen molar-refractivity contribution < 1.29 is 31.5 Å². The number of nitrogens with one attached hydrogen (secondary N) is 1. The fourth-order valence-corrected chi connectivity index (χ4v) is 4.83. The molecule has 0 saturated heterocycles. The first-order valence-electron chi connectivity index (χ1n) is 9.26. The quantitative estimate of drug-likeness (QED) is 0.399. The van der Waals surface area contributed by atoms with Crippen LogP contribution in [0.3, 0.4) is 0 Å². The Morgan fingerprint density at radius 3 is 2.33 bits per heavy atom. The molecule has 0 atom stereocenters. The normalized spacial score (nSPS) is 12.3. The average molecular weight is 500 g/mol. The topological polar surface area (TPSA) is 101 Å². The largest absolute Gasteiger partial charge is 0.506 e. The van der Waals surface area contributed by atoms with Crippen LogP contribution in [0.5, 0.6) is 5.75 Å². The number of rotatable bonds is 5. The van der Waals surface area contributed by atoms with Crippen LogP contribution in [0.4, 0.5) is 13.2 Å². The minimum Gasteiger partial charge on any atom is -0.506 e. The summed E-state index contributed by atoms with van der Waals surface area (Å²) in [6.07, 6.45) is -3.35. The second-order valence-electron chi connectivity index (χ2n) is 6.98. The predicted octanol–water partition coefficient (Wildman–Crippen LogP) is 4.48. The molecule has 7 nitrogen and oxygen atoms in total. The molecule has 174 valence electrons. The van der Waals surface area contributed by atoms with Gasteiger partial charge in [0.25, 0.3) is 15.9 Å². The molecule has 0 unspecified atom stereocenters. The van der Waals surface area contributed by atoms with Gasteiger partial charge in [-0.05, 0) is 62.4 Å². The Kier molecular flexibility index (Phi) is 6.57. The van der Waals surface area contributed by atoms with Gasteiger partial charge in [-0.15, -0.1) is 0 Å². The van der Waals surface area contributed by atoms with Gasteiger partial charge in [0.1, 0.15) is 5.75 Å². The Morgan fingerprint density at radius 2 is 1.76 bits per heavy atom. The highest BCUT2D eigenvalue weighted by molar-refractivity contribution is 7.90. The Labute approximate surface area is 192 Å². The summed E-state index contributed by atoms with van der Waals surface area (Å²) in [7, 11) is -4.17. The van der Waals surface area contributed by atoms with Crippen molar-refractivity contribution in [2.45, 2.75) is 24.9 Å². The summed E-state index contributed by atoms with van der Waals surface area (Å²) in [5.74, 6) is -0.794. The third kappa shape index (κ3) is 5.04. The number of hydrogen-bond donors (Lipinski definition) is 2. The maximum atomic E-state index is 13.0.